The highest BCUT2D eigenvalue weighted by Crippen LogP contribution is 2.24. The number of nitrogens with zero attached hydrogens (tertiary/aromatic N) is 1. The van der Waals surface area contributed by atoms with Crippen LogP contribution in [-0.4, -0.2) is 31.7 Å². The first kappa shape index (κ1) is 20.6. The summed E-state index contributed by atoms with van der Waals surface area (Å²) >= 11 is 0. The van der Waals surface area contributed by atoms with E-state index in [1.165, 1.54) is 4.31 Å². The molecule has 1 aliphatic heterocycles. The first-order chi connectivity index (χ1) is 13.4. The number of para-hydroxylation sites is 1. The molecule has 5 nitrogen and oxygen atoms in total. The summed E-state index contributed by atoms with van der Waals surface area (Å²) in [7, 11) is -3.46. The summed E-state index contributed by atoms with van der Waals surface area (Å²) in [6.07, 6.45) is 2.23. The summed E-state index contributed by atoms with van der Waals surface area (Å²) < 4.78 is 27.3. The van der Waals surface area contributed by atoms with Crippen LogP contribution in [0.15, 0.2) is 48.5 Å². The van der Waals surface area contributed by atoms with Gasteiger partial charge in [0.15, 0.2) is 0 Å². The van der Waals surface area contributed by atoms with E-state index < -0.39 is 10.0 Å². The van der Waals surface area contributed by atoms with Gasteiger partial charge in [0.05, 0.1) is 11.7 Å². The van der Waals surface area contributed by atoms with Crippen LogP contribution >= 0.6 is 0 Å². The molecule has 0 aromatic heterocycles. The van der Waals surface area contributed by atoms with Gasteiger partial charge in [0.1, 0.15) is 0 Å². The Morgan fingerprint density at radius 2 is 1.79 bits per heavy atom. The van der Waals surface area contributed by atoms with Crippen molar-refractivity contribution in [1.29, 1.82) is 0 Å². The van der Waals surface area contributed by atoms with Crippen LogP contribution in [0.3, 0.4) is 0 Å². The molecule has 0 aliphatic carbocycles. The van der Waals surface area contributed by atoms with Gasteiger partial charge in [0.25, 0.3) is 0 Å². The molecule has 0 spiro atoms. The Bertz CT molecular complexity index is 940. The molecule has 2 aromatic rings. The van der Waals surface area contributed by atoms with Crippen LogP contribution in [0.5, 0.6) is 0 Å². The Morgan fingerprint density at radius 1 is 1.11 bits per heavy atom. The van der Waals surface area contributed by atoms with Crippen molar-refractivity contribution in [1.82, 2.24) is 4.31 Å². The Labute approximate surface area is 167 Å². The minimum atomic E-state index is -3.46. The fraction of sp³-hybridized carbons (Fsp3) is 0.409. The number of sulfonamides is 1. The number of hydrogen-bond donors (Lipinski definition) is 1. The van der Waals surface area contributed by atoms with Crippen molar-refractivity contribution < 1.29 is 13.2 Å². The summed E-state index contributed by atoms with van der Waals surface area (Å²) in [4.78, 5) is 12.8. The van der Waals surface area contributed by atoms with Crippen LogP contribution < -0.4 is 5.32 Å². The molecule has 3 rings (SSSR count). The van der Waals surface area contributed by atoms with Crippen LogP contribution in [-0.2, 0) is 27.0 Å². The van der Waals surface area contributed by atoms with E-state index in [9.17, 15) is 13.2 Å². The standard InChI is InChI=1S/C22H28N2O3S/c1-3-18-10-6-7-13-21(18)23-22(25)19-12-8-14-24(15-19)28(26,27)16-20-11-5-4-9-17(20)2/h4-7,9-11,13,19H,3,8,12,14-16H2,1-2H3,(H,23,25)/t19-/m1/s1. The van der Waals surface area contributed by atoms with Gasteiger partial charge in [0.2, 0.25) is 15.9 Å². The largest absolute Gasteiger partial charge is 0.326 e. The summed E-state index contributed by atoms with van der Waals surface area (Å²) in [6, 6.07) is 15.3. The molecule has 6 heteroatoms. The van der Waals surface area contributed by atoms with E-state index in [2.05, 4.69) is 5.32 Å². The van der Waals surface area contributed by atoms with Crippen molar-refractivity contribution >= 4 is 21.6 Å². The van der Waals surface area contributed by atoms with Gasteiger partial charge < -0.3 is 5.32 Å². The van der Waals surface area contributed by atoms with Gasteiger partial charge >= 0.3 is 0 Å². The number of piperidine rings is 1. The minimum Gasteiger partial charge on any atom is -0.326 e. The van der Waals surface area contributed by atoms with Gasteiger partial charge in [0, 0.05) is 18.8 Å². The predicted octanol–water partition coefficient (Wildman–Crippen LogP) is 3.74. The molecule has 2 aromatic carbocycles. The number of carbonyl (C=O) groups excluding carboxylic acids is 1. The highest BCUT2D eigenvalue weighted by atomic mass is 32.2. The van der Waals surface area contributed by atoms with Gasteiger partial charge in [-0.1, -0.05) is 49.4 Å². The molecule has 1 fully saturated rings. The highest BCUT2D eigenvalue weighted by Gasteiger charge is 2.32. The summed E-state index contributed by atoms with van der Waals surface area (Å²) in [5.41, 5.74) is 3.67. The third kappa shape index (κ3) is 4.80. The number of anilines is 1. The lowest BCUT2D eigenvalue weighted by Gasteiger charge is -2.31. The second-order valence-electron chi connectivity index (χ2n) is 7.38. The minimum absolute atomic E-state index is 0.0212. The van der Waals surface area contributed by atoms with Gasteiger partial charge in [-0.25, -0.2) is 12.7 Å². The molecule has 1 amide bonds. The number of hydrogen-bond acceptors (Lipinski definition) is 3. The lowest BCUT2D eigenvalue weighted by Crippen LogP contribution is -2.44. The van der Waals surface area contributed by atoms with E-state index in [4.69, 9.17) is 0 Å². The number of rotatable bonds is 6. The Hall–Kier alpha value is -2.18. The topological polar surface area (TPSA) is 66.5 Å². The molecule has 1 N–H and O–H groups in total. The molecule has 0 unspecified atom stereocenters. The molecule has 0 bridgehead atoms. The number of amides is 1. The molecule has 1 saturated heterocycles. The summed E-state index contributed by atoms with van der Waals surface area (Å²) in [6.45, 7) is 4.69. The normalized spacial score (nSPS) is 18.0. The van der Waals surface area contributed by atoms with Crippen molar-refractivity contribution in [3.8, 4) is 0 Å². The molecule has 150 valence electrons. The average Bonchev–Trinajstić information content (AvgIpc) is 2.70. The third-order valence-electron chi connectivity index (χ3n) is 5.40. The van der Waals surface area contributed by atoms with E-state index in [-0.39, 0.29) is 24.1 Å². The van der Waals surface area contributed by atoms with E-state index >= 15 is 0 Å². The molecule has 1 aliphatic rings. The first-order valence-corrected chi connectivity index (χ1v) is 11.4. The molecule has 1 heterocycles. The first-order valence-electron chi connectivity index (χ1n) is 9.82. The number of nitrogens with one attached hydrogen (secondary N) is 1. The van der Waals surface area contributed by atoms with Crippen LogP contribution in [0.2, 0.25) is 0 Å². The van der Waals surface area contributed by atoms with Crippen LogP contribution in [0.25, 0.3) is 0 Å². The summed E-state index contributed by atoms with van der Waals surface area (Å²) in [5.74, 6) is -0.450. The number of carbonyl (C=O) groups is 1. The molecule has 0 radical (unpaired) electrons. The Balaban J connectivity index is 1.69. The second kappa shape index (κ2) is 8.88. The molecular formula is C22H28N2O3S. The quantitative estimate of drug-likeness (QED) is 0.803. The van der Waals surface area contributed by atoms with E-state index in [1.54, 1.807) is 0 Å². The van der Waals surface area contributed by atoms with Crippen molar-refractivity contribution in [3.05, 3.63) is 65.2 Å². The fourth-order valence-electron chi connectivity index (χ4n) is 3.65. The van der Waals surface area contributed by atoms with Gasteiger partial charge in [-0.15, -0.1) is 0 Å². The Morgan fingerprint density at radius 3 is 2.50 bits per heavy atom. The Kier molecular flexibility index (Phi) is 6.52. The van der Waals surface area contributed by atoms with E-state index in [0.29, 0.717) is 19.4 Å². The van der Waals surface area contributed by atoms with Crippen LogP contribution in [0, 0.1) is 12.8 Å². The number of benzene rings is 2. The zero-order valence-corrected chi connectivity index (χ0v) is 17.3. The maximum atomic E-state index is 12.9. The molecular weight excluding hydrogens is 372 g/mol. The maximum absolute atomic E-state index is 12.9. The van der Waals surface area contributed by atoms with Gasteiger partial charge in [-0.3, -0.25) is 4.79 Å². The third-order valence-corrected chi connectivity index (χ3v) is 7.20. The zero-order valence-electron chi connectivity index (χ0n) is 16.5. The maximum Gasteiger partial charge on any atom is 0.228 e. The van der Waals surface area contributed by atoms with Crippen molar-refractivity contribution in [2.24, 2.45) is 5.92 Å². The predicted molar refractivity (Wildman–Crippen MR) is 113 cm³/mol. The van der Waals surface area contributed by atoms with Crippen LogP contribution in [0.4, 0.5) is 5.69 Å². The van der Waals surface area contributed by atoms with Gasteiger partial charge in [-0.2, -0.15) is 0 Å². The smallest absolute Gasteiger partial charge is 0.228 e. The number of aryl methyl sites for hydroxylation is 2. The average molecular weight is 401 g/mol. The monoisotopic (exact) mass is 400 g/mol. The molecule has 0 saturated carbocycles. The lowest BCUT2D eigenvalue weighted by molar-refractivity contribution is -0.120. The lowest BCUT2D eigenvalue weighted by atomic mass is 9.98. The van der Waals surface area contributed by atoms with E-state index in [0.717, 1.165) is 28.8 Å². The fourth-order valence-corrected chi connectivity index (χ4v) is 5.37. The van der Waals surface area contributed by atoms with Crippen molar-refractivity contribution in [2.45, 2.75) is 38.9 Å². The second-order valence-corrected chi connectivity index (χ2v) is 9.35. The van der Waals surface area contributed by atoms with Crippen LogP contribution in [0.1, 0.15) is 36.5 Å². The van der Waals surface area contributed by atoms with Gasteiger partial charge in [-0.05, 0) is 48.9 Å². The SMILES string of the molecule is CCc1ccccc1NC(=O)[C@@H]1CCCN(S(=O)(=O)Cc2ccccc2C)C1. The highest BCUT2D eigenvalue weighted by molar-refractivity contribution is 7.88. The molecule has 28 heavy (non-hydrogen) atoms. The molecule has 1 atom stereocenters. The van der Waals surface area contributed by atoms with E-state index in [1.807, 2.05) is 62.4 Å². The summed E-state index contributed by atoms with van der Waals surface area (Å²) in [5, 5.41) is 3.00. The zero-order chi connectivity index (χ0) is 20.1. The van der Waals surface area contributed by atoms with Crippen molar-refractivity contribution in [2.75, 3.05) is 18.4 Å². The van der Waals surface area contributed by atoms with Crippen molar-refractivity contribution in [3.63, 3.8) is 0 Å².